The van der Waals surface area contributed by atoms with Gasteiger partial charge in [-0.3, -0.25) is 14.5 Å². The van der Waals surface area contributed by atoms with Crippen molar-refractivity contribution >= 4 is 38.9 Å². The maximum atomic E-state index is 12.5. The van der Waals surface area contributed by atoms with Gasteiger partial charge in [0.1, 0.15) is 0 Å². The number of anilines is 1. The van der Waals surface area contributed by atoms with Crippen LogP contribution in [0.1, 0.15) is 28.1 Å². The summed E-state index contributed by atoms with van der Waals surface area (Å²) in [5.74, 6) is -0.243. The molecule has 10 heteroatoms. The smallest absolute Gasteiger partial charge is 0.261 e. The predicted octanol–water partition coefficient (Wildman–Crippen LogP) is 2.14. The molecule has 1 saturated heterocycles. The van der Waals surface area contributed by atoms with Crippen molar-refractivity contribution < 1.29 is 18.0 Å². The predicted molar refractivity (Wildman–Crippen MR) is 122 cm³/mol. The first kappa shape index (κ1) is 23.4. The monoisotopic (exact) mass is 464 g/mol. The van der Waals surface area contributed by atoms with Crippen molar-refractivity contribution in [1.29, 1.82) is 0 Å². The molecule has 31 heavy (non-hydrogen) atoms. The molecule has 0 atom stereocenters. The van der Waals surface area contributed by atoms with Crippen LogP contribution in [0.5, 0.6) is 0 Å². The Hall–Kier alpha value is -2.27. The van der Waals surface area contributed by atoms with Crippen LogP contribution in [0.15, 0.2) is 40.6 Å². The topological polar surface area (TPSA) is 98.8 Å². The molecule has 2 N–H and O–H groups in total. The summed E-state index contributed by atoms with van der Waals surface area (Å²) >= 11 is 1.42. The summed E-state index contributed by atoms with van der Waals surface area (Å²) in [4.78, 5) is 27.6. The van der Waals surface area contributed by atoms with Gasteiger partial charge in [-0.05, 0) is 48.9 Å². The fourth-order valence-corrected chi connectivity index (χ4v) is 5.23. The standard InChI is InChI=1S/C21H28N4O4S2/c1-15-6-7-17(13-19(15)31(28,29)24(2)3)22-20(26)14-25-10-8-16(9-11-25)23-21(27)18-5-4-12-30-18/h4-7,12-13,16H,8-11,14H2,1-3H3,(H,22,26)(H,23,27). The van der Waals surface area contributed by atoms with E-state index in [9.17, 15) is 18.0 Å². The molecule has 2 aromatic rings. The zero-order valence-corrected chi connectivity index (χ0v) is 19.6. The van der Waals surface area contributed by atoms with Gasteiger partial charge in [-0.25, -0.2) is 12.7 Å². The Kier molecular flexibility index (Phi) is 7.47. The molecule has 0 bridgehead atoms. The normalized spacial score (nSPS) is 15.7. The van der Waals surface area contributed by atoms with Crippen LogP contribution in [-0.4, -0.2) is 69.2 Å². The van der Waals surface area contributed by atoms with Crippen molar-refractivity contribution in [2.75, 3.05) is 39.0 Å². The summed E-state index contributed by atoms with van der Waals surface area (Å²) in [6.45, 7) is 3.35. The Bertz CT molecular complexity index is 1030. The lowest BCUT2D eigenvalue weighted by atomic mass is 10.0. The molecule has 1 fully saturated rings. The van der Waals surface area contributed by atoms with E-state index in [0.717, 1.165) is 17.1 Å². The van der Waals surface area contributed by atoms with Gasteiger partial charge < -0.3 is 10.6 Å². The van der Waals surface area contributed by atoms with Gasteiger partial charge in [0.15, 0.2) is 0 Å². The van der Waals surface area contributed by atoms with E-state index in [1.54, 1.807) is 25.1 Å². The second-order valence-corrected chi connectivity index (χ2v) is 10.9. The van der Waals surface area contributed by atoms with E-state index in [2.05, 4.69) is 10.6 Å². The van der Waals surface area contributed by atoms with Gasteiger partial charge in [-0.15, -0.1) is 11.3 Å². The van der Waals surface area contributed by atoms with Crippen LogP contribution in [-0.2, 0) is 14.8 Å². The molecule has 1 aliphatic rings. The second-order valence-electron chi connectivity index (χ2n) is 7.82. The Morgan fingerprint density at radius 3 is 2.52 bits per heavy atom. The lowest BCUT2D eigenvalue weighted by Gasteiger charge is -2.31. The van der Waals surface area contributed by atoms with Gasteiger partial charge in [-0.2, -0.15) is 0 Å². The number of nitrogens with zero attached hydrogens (tertiary/aromatic N) is 2. The number of likely N-dealkylation sites (tertiary alicyclic amines) is 1. The van der Waals surface area contributed by atoms with Crippen molar-refractivity contribution in [2.45, 2.75) is 30.7 Å². The minimum atomic E-state index is -3.59. The first-order chi connectivity index (χ1) is 14.7. The Morgan fingerprint density at radius 2 is 1.90 bits per heavy atom. The van der Waals surface area contributed by atoms with Crippen LogP contribution >= 0.6 is 11.3 Å². The highest BCUT2D eigenvalue weighted by atomic mass is 32.2. The highest BCUT2D eigenvalue weighted by Crippen LogP contribution is 2.22. The summed E-state index contributed by atoms with van der Waals surface area (Å²) in [6, 6.07) is 8.65. The number of hydrogen-bond acceptors (Lipinski definition) is 6. The minimum Gasteiger partial charge on any atom is -0.349 e. The molecule has 168 valence electrons. The number of thiophene rings is 1. The number of amides is 2. The molecule has 0 saturated carbocycles. The molecular formula is C21H28N4O4S2. The van der Waals surface area contributed by atoms with Crippen LogP contribution in [0.3, 0.4) is 0 Å². The van der Waals surface area contributed by atoms with Gasteiger partial charge >= 0.3 is 0 Å². The van der Waals surface area contributed by atoms with Crippen LogP contribution in [0, 0.1) is 6.92 Å². The van der Waals surface area contributed by atoms with Crippen LogP contribution in [0.2, 0.25) is 0 Å². The molecule has 0 unspecified atom stereocenters. The molecular weight excluding hydrogens is 436 g/mol. The number of hydrogen-bond donors (Lipinski definition) is 2. The van der Waals surface area contributed by atoms with E-state index >= 15 is 0 Å². The zero-order chi connectivity index (χ0) is 22.6. The first-order valence-electron chi connectivity index (χ1n) is 10.1. The van der Waals surface area contributed by atoms with E-state index in [0.29, 0.717) is 29.2 Å². The minimum absolute atomic E-state index is 0.0472. The number of aryl methyl sites for hydroxylation is 1. The number of nitrogens with one attached hydrogen (secondary N) is 2. The number of carbonyl (C=O) groups is 2. The van der Waals surface area contributed by atoms with E-state index < -0.39 is 10.0 Å². The Labute approximate surface area is 187 Å². The fraction of sp³-hybridized carbons (Fsp3) is 0.429. The molecule has 0 spiro atoms. The number of piperidine rings is 1. The van der Waals surface area contributed by atoms with Crippen molar-refractivity contribution in [3.8, 4) is 0 Å². The van der Waals surface area contributed by atoms with Crippen LogP contribution in [0.4, 0.5) is 5.69 Å². The maximum absolute atomic E-state index is 12.5. The maximum Gasteiger partial charge on any atom is 0.261 e. The van der Waals surface area contributed by atoms with Gasteiger partial charge in [0, 0.05) is 38.9 Å². The van der Waals surface area contributed by atoms with Gasteiger partial charge in [0.25, 0.3) is 5.91 Å². The molecule has 2 amide bonds. The molecule has 1 aromatic heterocycles. The molecule has 2 heterocycles. The van der Waals surface area contributed by atoms with E-state index in [1.807, 2.05) is 16.3 Å². The quantitative estimate of drug-likeness (QED) is 0.654. The highest BCUT2D eigenvalue weighted by Gasteiger charge is 2.24. The molecule has 0 radical (unpaired) electrons. The molecule has 3 rings (SSSR count). The number of sulfonamides is 1. The fourth-order valence-electron chi connectivity index (χ4n) is 3.46. The Balaban J connectivity index is 1.51. The molecule has 1 aromatic carbocycles. The number of rotatable bonds is 7. The van der Waals surface area contributed by atoms with Gasteiger partial charge in [-0.1, -0.05) is 12.1 Å². The van der Waals surface area contributed by atoms with Gasteiger partial charge in [0.05, 0.1) is 16.3 Å². The largest absolute Gasteiger partial charge is 0.349 e. The molecule has 8 nitrogen and oxygen atoms in total. The summed E-state index contributed by atoms with van der Waals surface area (Å²) in [5, 5.41) is 7.73. The van der Waals surface area contributed by atoms with Crippen molar-refractivity contribution in [1.82, 2.24) is 14.5 Å². The molecule has 0 aliphatic carbocycles. The average Bonchev–Trinajstić information content (AvgIpc) is 3.25. The summed E-state index contributed by atoms with van der Waals surface area (Å²) in [6.07, 6.45) is 1.56. The van der Waals surface area contributed by atoms with E-state index in [4.69, 9.17) is 0 Å². The highest BCUT2D eigenvalue weighted by molar-refractivity contribution is 7.89. The SMILES string of the molecule is Cc1ccc(NC(=O)CN2CCC(NC(=O)c3cccs3)CC2)cc1S(=O)(=O)N(C)C. The summed E-state index contributed by atoms with van der Waals surface area (Å²) in [7, 11) is -0.630. The van der Waals surface area contributed by atoms with Gasteiger partial charge in [0.2, 0.25) is 15.9 Å². The number of carbonyl (C=O) groups excluding carboxylic acids is 2. The zero-order valence-electron chi connectivity index (χ0n) is 17.9. The van der Waals surface area contributed by atoms with E-state index in [-0.39, 0.29) is 29.3 Å². The van der Waals surface area contributed by atoms with Crippen molar-refractivity contribution in [3.05, 3.63) is 46.2 Å². The van der Waals surface area contributed by atoms with Crippen LogP contribution in [0.25, 0.3) is 0 Å². The lowest BCUT2D eigenvalue weighted by Crippen LogP contribution is -2.46. The third-order valence-corrected chi connectivity index (χ3v) is 8.09. The van der Waals surface area contributed by atoms with E-state index in [1.165, 1.54) is 31.5 Å². The average molecular weight is 465 g/mol. The third-order valence-electron chi connectivity index (χ3n) is 5.27. The van der Waals surface area contributed by atoms with Crippen molar-refractivity contribution in [3.63, 3.8) is 0 Å². The van der Waals surface area contributed by atoms with Crippen LogP contribution < -0.4 is 10.6 Å². The molecule has 1 aliphatic heterocycles. The lowest BCUT2D eigenvalue weighted by molar-refractivity contribution is -0.117. The Morgan fingerprint density at radius 1 is 1.19 bits per heavy atom. The summed E-state index contributed by atoms with van der Waals surface area (Å²) < 4.78 is 26.1. The number of benzene rings is 1. The summed E-state index contributed by atoms with van der Waals surface area (Å²) in [5.41, 5.74) is 1.08. The third kappa shape index (κ3) is 5.91. The second kappa shape index (κ2) is 9.90. The van der Waals surface area contributed by atoms with Crippen molar-refractivity contribution in [2.24, 2.45) is 0 Å². The first-order valence-corrected chi connectivity index (χ1v) is 12.4.